The Morgan fingerprint density at radius 3 is 2.85 bits per heavy atom. The standard InChI is InChI=1S/C18H17FN4O3S/c19-15-6-1-7-16(10-15)27(24,25)23-9-3-5-14(12-23)18-22-21-17(26-18)13-4-2-8-20-11-13/h1-2,4,6-8,10-11,14H,3,5,9,12H2. The molecule has 4 rings (SSSR count). The summed E-state index contributed by atoms with van der Waals surface area (Å²) in [6.45, 7) is 0.590. The topological polar surface area (TPSA) is 89.2 Å². The van der Waals surface area contributed by atoms with Gasteiger partial charge in [0.25, 0.3) is 0 Å². The molecule has 1 aliphatic rings. The third kappa shape index (κ3) is 3.60. The molecule has 0 bridgehead atoms. The molecule has 1 aromatic carbocycles. The zero-order valence-electron chi connectivity index (χ0n) is 14.3. The average Bonchev–Trinajstić information content (AvgIpc) is 3.19. The molecule has 0 radical (unpaired) electrons. The maximum Gasteiger partial charge on any atom is 0.249 e. The molecule has 0 amide bonds. The first-order chi connectivity index (χ1) is 13.0. The van der Waals surface area contributed by atoms with E-state index in [1.165, 1.54) is 22.5 Å². The Hall–Kier alpha value is -2.65. The van der Waals surface area contributed by atoms with E-state index in [0.29, 0.717) is 30.3 Å². The lowest BCUT2D eigenvalue weighted by atomic mass is 10.00. The van der Waals surface area contributed by atoms with Crippen LogP contribution in [0.25, 0.3) is 11.5 Å². The molecule has 1 aliphatic heterocycles. The molecule has 1 atom stereocenters. The van der Waals surface area contributed by atoms with Crippen LogP contribution in [0.3, 0.4) is 0 Å². The van der Waals surface area contributed by atoms with E-state index in [0.717, 1.165) is 12.5 Å². The van der Waals surface area contributed by atoms with Crippen molar-refractivity contribution in [2.45, 2.75) is 23.7 Å². The summed E-state index contributed by atoms with van der Waals surface area (Å²) in [4.78, 5) is 3.97. The smallest absolute Gasteiger partial charge is 0.249 e. The highest BCUT2D eigenvalue weighted by molar-refractivity contribution is 7.89. The molecular formula is C18H17FN4O3S. The molecule has 7 nitrogen and oxygen atoms in total. The molecule has 0 saturated carbocycles. The summed E-state index contributed by atoms with van der Waals surface area (Å²) >= 11 is 0. The molecule has 1 saturated heterocycles. The zero-order valence-corrected chi connectivity index (χ0v) is 15.1. The first kappa shape index (κ1) is 17.7. The minimum Gasteiger partial charge on any atom is -0.420 e. The molecule has 9 heteroatoms. The van der Waals surface area contributed by atoms with Crippen molar-refractivity contribution in [3.8, 4) is 11.5 Å². The number of pyridine rings is 1. The summed E-state index contributed by atoms with van der Waals surface area (Å²) in [6.07, 6.45) is 4.67. The Bertz CT molecular complexity index is 1040. The van der Waals surface area contributed by atoms with Gasteiger partial charge in [-0.25, -0.2) is 12.8 Å². The van der Waals surface area contributed by atoms with Crippen molar-refractivity contribution in [1.29, 1.82) is 0 Å². The van der Waals surface area contributed by atoms with E-state index in [-0.39, 0.29) is 17.4 Å². The van der Waals surface area contributed by atoms with Gasteiger partial charge in [-0.3, -0.25) is 4.98 Å². The molecule has 1 fully saturated rings. The quantitative estimate of drug-likeness (QED) is 0.683. The molecule has 0 aliphatic carbocycles. The van der Waals surface area contributed by atoms with Crippen molar-refractivity contribution in [2.24, 2.45) is 0 Å². The van der Waals surface area contributed by atoms with Crippen LogP contribution in [-0.2, 0) is 10.0 Å². The Morgan fingerprint density at radius 2 is 2.07 bits per heavy atom. The Balaban J connectivity index is 1.56. The fourth-order valence-electron chi connectivity index (χ4n) is 3.14. The zero-order chi connectivity index (χ0) is 18.9. The van der Waals surface area contributed by atoms with E-state index in [9.17, 15) is 12.8 Å². The van der Waals surface area contributed by atoms with Gasteiger partial charge in [0.2, 0.25) is 21.8 Å². The lowest BCUT2D eigenvalue weighted by Gasteiger charge is -2.30. The number of nitrogens with zero attached hydrogens (tertiary/aromatic N) is 4. The Morgan fingerprint density at radius 1 is 1.19 bits per heavy atom. The second-order valence-corrected chi connectivity index (χ2v) is 8.28. The maximum atomic E-state index is 13.4. The number of piperidine rings is 1. The number of sulfonamides is 1. The van der Waals surface area contributed by atoms with Crippen LogP contribution in [0.5, 0.6) is 0 Å². The summed E-state index contributed by atoms with van der Waals surface area (Å²) in [7, 11) is -3.78. The Labute approximate surface area is 155 Å². The number of hydrogen-bond acceptors (Lipinski definition) is 6. The Kier molecular flexibility index (Phi) is 4.71. The van der Waals surface area contributed by atoms with Gasteiger partial charge in [-0.05, 0) is 43.2 Å². The highest BCUT2D eigenvalue weighted by atomic mass is 32.2. The van der Waals surface area contributed by atoms with Gasteiger partial charge >= 0.3 is 0 Å². The predicted octanol–water partition coefficient (Wildman–Crippen LogP) is 2.84. The summed E-state index contributed by atoms with van der Waals surface area (Å²) < 4.78 is 46.2. The number of rotatable bonds is 4. The first-order valence-electron chi connectivity index (χ1n) is 8.53. The molecule has 140 valence electrons. The number of aromatic nitrogens is 3. The van der Waals surface area contributed by atoms with E-state index < -0.39 is 15.8 Å². The van der Waals surface area contributed by atoms with Crippen LogP contribution in [0.15, 0.2) is 58.1 Å². The molecule has 0 N–H and O–H groups in total. The number of halogens is 1. The first-order valence-corrected chi connectivity index (χ1v) is 9.97. The van der Waals surface area contributed by atoms with E-state index in [1.54, 1.807) is 18.5 Å². The van der Waals surface area contributed by atoms with Crippen LogP contribution in [0.2, 0.25) is 0 Å². The van der Waals surface area contributed by atoms with Crippen LogP contribution < -0.4 is 0 Å². The van der Waals surface area contributed by atoms with Crippen molar-refractivity contribution in [3.63, 3.8) is 0 Å². The predicted molar refractivity (Wildman–Crippen MR) is 94.7 cm³/mol. The van der Waals surface area contributed by atoms with Gasteiger partial charge in [-0.15, -0.1) is 10.2 Å². The summed E-state index contributed by atoms with van der Waals surface area (Å²) in [6, 6.07) is 8.62. The highest BCUT2D eigenvalue weighted by Crippen LogP contribution is 2.31. The van der Waals surface area contributed by atoms with Gasteiger partial charge in [0.1, 0.15) is 5.82 Å². The molecule has 3 aromatic rings. The lowest BCUT2D eigenvalue weighted by Crippen LogP contribution is -2.39. The van der Waals surface area contributed by atoms with Crippen molar-refractivity contribution in [3.05, 3.63) is 60.5 Å². The van der Waals surface area contributed by atoms with Crippen molar-refractivity contribution >= 4 is 10.0 Å². The van der Waals surface area contributed by atoms with Gasteiger partial charge in [0.05, 0.1) is 16.4 Å². The summed E-state index contributed by atoms with van der Waals surface area (Å²) in [5.41, 5.74) is 0.705. The third-order valence-corrected chi connectivity index (χ3v) is 6.38. The maximum absolute atomic E-state index is 13.4. The van der Waals surface area contributed by atoms with Crippen LogP contribution in [0.4, 0.5) is 4.39 Å². The largest absolute Gasteiger partial charge is 0.420 e. The molecule has 0 spiro atoms. The summed E-state index contributed by atoms with van der Waals surface area (Å²) in [5.74, 6) is -0.0427. The molecule has 3 heterocycles. The highest BCUT2D eigenvalue weighted by Gasteiger charge is 2.33. The molecule has 1 unspecified atom stereocenters. The number of benzene rings is 1. The van der Waals surface area contributed by atoms with Gasteiger partial charge in [-0.2, -0.15) is 4.31 Å². The molecule has 27 heavy (non-hydrogen) atoms. The average molecular weight is 388 g/mol. The normalized spacial score (nSPS) is 18.5. The minimum absolute atomic E-state index is 0.0512. The van der Waals surface area contributed by atoms with Gasteiger partial charge < -0.3 is 4.42 Å². The van der Waals surface area contributed by atoms with E-state index in [1.807, 2.05) is 6.07 Å². The van der Waals surface area contributed by atoms with Crippen LogP contribution >= 0.6 is 0 Å². The SMILES string of the molecule is O=S(=O)(c1cccc(F)c1)N1CCCC(c2nnc(-c3cccnc3)o2)C1. The monoisotopic (exact) mass is 388 g/mol. The van der Waals surface area contributed by atoms with Crippen LogP contribution in [-0.4, -0.2) is 41.0 Å². The van der Waals surface area contributed by atoms with Crippen molar-refractivity contribution in [1.82, 2.24) is 19.5 Å². The van der Waals surface area contributed by atoms with Gasteiger partial charge in [-0.1, -0.05) is 6.07 Å². The van der Waals surface area contributed by atoms with Crippen LogP contribution in [0.1, 0.15) is 24.7 Å². The number of hydrogen-bond donors (Lipinski definition) is 0. The van der Waals surface area contributed by atoms with Gasteiger partial charge in [0.15, 0.2) is 0 Å². The lowest BCUT2D eigenvalue weighted by molar-refractivity contribution is 0.286. The fraction of sp³-hybridized carbons (Fsp3) is 0.278. The fourth-order valence-corrected chi connectivity index (χ4v) is 4.70. The van der Waals surface area contributed by atoms with E-state index in [2.05, 4.69) is 15.2 Å². The summed E-state index contributed by atoms with van der Waals surface area (Å²) in [5, 5.41) is 8.14. The minimum atomic E-state index is -3.78. The third-order valence-electron chi connectivity index (χ3n) is 4.52. The van der Waals surface area contributed by atoms with E-state index in [4.69, 9.17) is 4.42 Å². The van der Waals surface area contributed by atoms with Crippen molar-refractivity contribution in [2.75, 3.05) is 13.1 Å². The van der Waals surface area contributed by atoms with Crippen LogP contribution in [0, 0.1) is 5.82 Å². The van der Waals surface area contributed by atoms with Crippen molar-refractivity contribution < 1.29 is 17.2 Å². The van der Waals surface area contributed by atoms with E-state index >= 15 is 0 Å². The molecule has 2 aromatic heterocycles. The van der Waals surface area contributed by atoms with Gasteiger partial charge in [0, 0.05) is 25.5 Å². The molecular weight excluding hydrogens is 371 g/mol. The second kappa shape index (κ2) is 7.16. The second-order valence-electron chi connectivity index (χ2n) is 6.35.